The second-order valence-electron chi connectivity index (χ2n) is 3.80. The van der Waals surface area contributed by atoms with Crippen LogP contribution in [0, 0.1) is 0 Å². The normalized spacial score (nSPS) is 12.4. The SMILES string of the molecule is CCCCCCCCCC=CS(=O)(=O)O. The van der Waals surface area contributed by atoms with Crippen molar-refractivity contribution in [1.29, 1.82) is 0 Å². The topological polar surface area (TPSA) is 54.4 Å². The van der Waals surface area contributed by atoms with Crippen LogP contribution in [0.2, 0.25) is 0 Å². The molecule has 0 rings (SSSR count). The first-order chi connectivity index (χ1) is 7.06. The quantitative estimate of drug-likeness (QED) is 0.490. The zero-order valence-corrected chi connectivity index (χ0v) is 10.3. The van der Waals surface area contributed by atoms with Crippen molar-refractivity contribution < 1.29 is 13.0 Å². The van der Waals surface area contributed by atoms with E-state index in [1.165, 1.54) is 38.2 Å². The minimum Gasteiger partial charge on any atom is -0.282 e. The first-order valence-electron chi connectivity index (χ1n) is 5.70. The zero-order chi connectivity index (χ0) is 11.6. The van der Waals surface area contributed by atoms with E-state index in [1.54, 1.807) is 0 Å². The van der Waals surface area contributed by atoms with E-state index in [4.69, 9.17) is 4.55 Å². The predicted molar refractivity (Wildman–Crippen MR) is 63.3 cm³/mol. The van der Waals surface area contributed by atoms with Gasteiger partial charge in [0.15, 0.2) is 0 Å². The minimum atomic E-state index is -3.91. The van der Waals surface area contributed by atoms with Gasteiger partial charge in [0.1, 0.15) is 0 Å². The maximum Gasteiger partial charge on any atom is 0.287 e. The van der Waals surface area contributed by atoms with Crippen LogP contribution >= 0.6 is 0 Å². The summed E-state index contributed by atoms with van der Waals surface area (Å²) in [4.78, 5) is 0. The van der Waals surface area contributed by atoms with Crippen molar-refractivity contribution in [3.8, 4) is 0 Å². The first kappa shape index (κ1) is 14.6. The fourth-order valence-corrected chi connectivity index (χ4v) is 1.79. The molecule has 0 aromatic carbocycles. The summed E-state index contributed by atoms with van der Waals surface area (Å²) in [6.07, 6.45) is 10.7. The summed E-state index contributed by atoms with van der Waals surface area (Å²) in [7, 11) is -3.91. The molecule has 0 radical (unpaired) electrons. The van der Waals surface area contributed by atoms with E-state index >= 15 is 0 Å². The van der Waals surface area contributed by atoms with Gasteiger partial charge in [0.2, 0.25) is 0 Å². The van der Waals surface area contributed by atoms with E-state index in [2.05, 4.69) is 6.92 Å². The summed E-state index contributed by atoms with van der Waals surface area (Å²) in [5.41, 5.74) is 0. The van der Waals surface area contributed by atoms with Crippen LogP contribution in [-0.2, 0) is 10.1 Å². The molecule has 1 N–H and O–H groups in total. The Morgan fingerprint density at radius 3 is 2.07 bits per heavy atom. The lowest BCUT2D eigenvalue weighted by Crippen LogP contribution is -1.88. The summed E-state index contributed by atoms with van der Waals surface area (Å²) >= 11 is 0. The number of rotatable bonds is 9. The van der Waals surface area contributed by atoms with E-state index in [-0.39, 0.29) is 0 Å². The lowest BCUT2D eigenvalue weighted by Gasteiger charge is -1.98. The van der Waals surface area contributed by atoms with E-state index in [1.807, 2.05) is 0 Å². The Hall–Kier alpha value is -0.350. The van der Waals surface area contributed by atoms with Crippen molar-refractivity contribution in [2.45, 2.75) is 58.3 Å². The standard InChI is InChI=1S/C11H22O3S/c1-2-3-4-5-6-7-8-9-10-11-15(12,13)14/h10-11H,2-9H2,1H3,(H,12,13,14). The van der Waals surface area contributed by atoms with Gasteiger partial charge in [0, 0.05) is 0 Å². The molecule has 3 nitrogen and oxygen atoms in total. The van der Waals surface area contributed by atoms with Crippen molar-refractivity contribution in [1.82, 2.24) is 0 Å². The predicted octanol–water partition coefficient (Wildman–Crippen LogP) is 3.53. The third-order valence-electron chi connectivity index (χ3n) is 2.24. The number of unbranched alkanes of at least 4 members (excludes halogenated alkanes) is 7. The molecule has 4 heteroatoms. The number of hydrogen-bond donors (Lipinski definition) is 1. The Kier molecular flexibility index (Phi) is 8.71. The maximum atomic E-state index is 10.3. The number of allylic oxidation sites excluding steroid dienone is 1. The van der Waals surface area contributed by atoms with Gasteiger partial charge >= 0.3 is 0 Å². The van der Waals surface area contributed by atoms with Crippen molar-refractivity contribution in [3.63, 3.8) is 0 Å². The molecule has 90 valence electrons. The molecule has 0 spiro atoms. The Labute approximate surface area is 93.3 Å². The van der Waals surface area contributed by atoms with E-state index in [0.29, 0.717) is 0 Å². The van der Waals surface area contributed by atoms with Gasteiger partial charge in [-0.05, 0) is 12.8 Å². The van der Waals surface area contributed by atoms with Gasteiger partial charge in [-0.2, -0.15) is 8.42 Å². The van der Waals surface area contributed by atoms with Crippen LogP contribution in [0.1, 0.15) is 58.3 Å². The second kappa shape index (κ2) is 8.92. The van der Waals surface area contributed by atoms with Gasteiger partial charge in [0.25, 0.3) is 10.1 Å². The van der Waals surface area contributed by atoms with Crippen LogP contribution in [-0.4, -0.2) is 13.0 Å². The van der Waals surface area contributed by atoms with Crippen molar-refractivity contribution in [3.05, 3.63) is 11.5 Å². The molecule has 0 aromatic heterocycles. The lowest BCUT2D eigenvalue weighted by atomic mass is 10.1. The van der Waals surface area contributed by atoms with Crippen LogP contribution in [0.25, 0.3) is 0 Å². The highest BCUT2D eigenvalue weighted by molar-refractivity contribution is 7.88. The van der Waals surface area contributed by atoms with Crippen LogP contribution in [0.5, 0.6) is 0 Å². The van der Waals surface area contributed by atoms with Crippen molar-refractivity contribution in [2.24, 2.45) is 0 Å². The summed E-state index contributed by atoms with van der Waals surface area (Å²) in [5.74, 6) is 0. The fraction of sp³-hybridized carbons (Fsp3) is 0.818. The van der Waals surface area contributed by atoms with Crippen LogP contribution in [0.4, 0.5) is 0 Å². The monoisotopic (exact) mass is 234 g/mol. The van der Waals surface area contributed by atoms with Crippen molar-refractivity contribution >= 4 is 10.1 Å². The first-order valence-corrected chi connectivity index (χ1v) is 7.20. The molecular formula is C11H22O3S. The lowest BCUT2D eigenvalue weighted by molar-refractivity contribution is 0.494. The molecule has 0 aliphatic heterocycles. The Bertz CT molecular complexity index is 255. The van der Waals surface area contributed by atoms with E-state index in [0.717, 1.165) is 24.7 Å². The molecule has 0 amide bonds. The minimum absolute atomic E-state index is 0.730. The van der Waals surface area contributed by atoms with Gasteiger partial charge in [-0.3, -0.25) is 4.55 Å². The highest BCUT2D eigenvalue weighted by atomic mass is 32.2. The fourth-order valence-electron chi connectivity index (χ4n) is 1.41. The maximum absolute atomic E-state index is 10.3. The second-order valence-corrected chi connectivity index (χ2v) is 5.10. The molecule has 0 unspecified atom stereocenters. The number of hydrogen-bond acceptors (Lipinski definition) is 2. The summed E-state index contributed by atoms with van der Waals surface area (Å²) in [6.45, 7) is 2.19. The molecule has 0 saturated heterocycles. The molecule has 0 aliphatic rings. The van der Waals surface area contributed by atoms with Crippen LogP contribution in [0.3, 0.4) is 0 Å². The molecule has 0 heterocycles. The molecule has 0 atom stereocenters. The van der Waals surface area contributed by atoms with Crippen LogP contribution in [0.15, 0.2) is 11.5 Å². The third kappa shape index (κ3) is 13.7. The van der Waals surface area contributed by atoms with Crippen molar-refractivity contribution in [2.75, 3.05) is 0 Å². The third-order valence-corrected chi connectivity index (χ3v) is 2.78. The molecule has 0 fully saturated rings. The Balaban J connectivity index is 3.22. The Morgan fingerprint density at radius 1 is 1.00 bits per heavy atom. The zero-order valence-electron chi connectivity index (χ0n) is 9.48. The molecule has 0 saturated carbocycles. The van der Waals surface area contributed by atoms with Gasteiger partial charge in [0.05, 0.1) is 5.41 Å². The van der Waals surface area contributed by atoms with Gasteiger partial charge in [-0.15, -0.1) is 0 Å². The summed E-state index contributed by atoms with van der Waals surface area (Å²) in [5, 5.41) is 0.865. The average molecular weight is 234 g/mol. The molecule has 0 aliphatic carbocycles. The molecule has 0 aromatic rings. The smallest absolute Gasteiger partial charge is 0.282 e. The van der Waals surface area contributed by atoms with Gasteiger partial charge in [-0.25, -0.2) is 0 Å². The van der Waals surface area contributed by atoms with E-state index < -0.39 is 10.1 Å². The Morgan fingerprint density at radius 2 is 1.53 bits per heavy atom. The highest BCUT2D eigenvalue weighted by Gasteiger charge is 1.94. The summed E-state index contributed by atoms with van der Waals surface area (Å²) in [6, 6.07) is 0. The highest BCUT2D eigenvalue weighted by Crippen LogP contribution is 2.08. The molecule has 15 heavy (non-hydrogen) atoms. The largest absolute Gasteiger partial charge is 0.287 e. The van der Waals surface area contributed by atoms with Gasteiger partial charge < -0.3 is 0 Å². The van der Waals surface area contributed by atoms with Gasteiger partial charge in [-0.1, -0.05) is 51.5 Å². The summed E-state index contributed by atoms with van der Waals surface area (Å²) < 4.78 is 29.0. The average Bonchev–Trinajstić information content (AvgIpc) is 2.14. The molecular weight excluding hydrogens is 212 g/mol. The van der Waals surface area contributed by atoms with Crippen LogP contribution < -0.4 is 0 Å². The molecule has 0 bridgehead atoms. The van der Waals surface area contributed by atoms with E-state index in [9.17, 15) is 8.42 Å².